The monoisotopic (exact) mass is 434 g/mol. The number of aromatic nitrogens is 2. The molecule has 164 valence electrons. The van der Waals surface area contributed by atoms with Crippen molar-refractivity contribution in [1.29, 1.82) is 0 Å². The number of nitrogens with one attached hydrogen (secondary N) is 2. The molecule has 0 saturated carbocycles. The van der Waals surface area contributed by atoms with E-state index in [0.29, 0.717) is 30.5 Å². The van der Waals surface area contributed by atoms with Gasteiger partial charge in [0.1, 0.15) is 17.5 Å². The van der Waals surface area contributed by atoms with E-state index in [1.165, 1.54) is 24.3 Å². The summed E-state index contributed by atoms with van der Waals surface area (Å²) >= 11 is 0. The van der Waals surface area contributed by atoms with Crippen molar-refractivity contribution in [3.8, 4) is 0 Å². The average Bonchev–Trinajstić information content (AvgIpc) is 2.80. The predicted molar refractivity (Wildman–Crippen MR) is 121 cm³/mol. The lowest BCUT2D eigenvalue weighted by atomic mass is 10.2. The van der Waals surface area contributed by atoms with Crippen molar-refractivity contribution in [2.75, 3.05) is 41.8 Å². The first-order chi connectivity index (χ1) is 15.5. The highest BCUT2D eigenvalue weighted by atomic mass is 16.6. The van der Waals surface area contributed by atoms with E-state index in [1.54, 1.807) is 12.1 Å². The molecule has 0 spiro atoms. The molecular weight excluding hydrogens is 412 g/mol. The van der Waals surface area contributed by atoms with E-state index in [0.717, 1.165) is 24.6 Å². The molecule has 32 heavy (non-hydrogen) atoms. The normalized spacial score (nSPS) is 13.5. The van der Waals surface area contributed by atoms with Crippen LogP contribution in [0.15, 0.2) is 54.6 Å². The summed E-state index contributed by atoms with van der Waals surface area (Å²) in [7, 11) is 0. The first kappa shape index (κ1) is 21.2. The zero-order valence-corrected chi connectivity index (χ0v) is 17.4. The maximum atomic E-state index is 12.4. The van der Waals surface area contributed by atoms with Gasteiger partial charge in [-0.15, -0.1) is 0 Å². The van der Waals surface area contributed by atoms with Crippen molar-refractivity contribution in [1.82, 2.24) is 9.97 Å². The molecule has 10 heteroatoms. The Morgan fingerprint density at radius 1 is 1.06 bits per heavy atom. The third-order valence-electron chi connectivity index (χ3n) is 4.89. The number of nitro groups is 1. The Hall–Kier alpha value is -4.05. The molecule has 0 radical (unpaired) electrons. The third-order valence-corrected chi connectivity index (χ3v) is 4.89. The number of aryl methyl sites for hydroxylation is 1. The number of carbonyl (C=O) groups excluding carboxylic acids is 1. The lowest BCUT2D eigenvalue weighted by Crippen LogP contribution is -2.36. The second kappa shape index (κ2) is 9.40. The Morgan fingerprint density at radius 2 is 1.78 bits per heavy atom. The molecule has 1 saturated heterocycles. The number of hydrogen-bond acceptors (Lipinski definition) is 8. The van der Waals surface area contributed by atoms with Gasteiger partial charge in [-0.2, -0.15) is 0 Å². The third kappa shape index (κ3) is 5.16. The molecule has 2 heterocycles. The first-order valence-electron chi connectivity index (χ1n) is 10.1. The van der Waals surface area contributed by atoms with Gasteiger partial charge in [0.15, 0.2) is 0 Å². The van der Waals surface area contributed by atoms with Crippen molar-refractivity contribution in [3.05, 3.63) is 76.1 Å². The molecule has 0 atom stereocenters. The molecule has 2 N–H and O–H groups in total. The number of rotatable bonds is 6. The number of hydrogen-bond donors (Lipinski definition) is 2. The highest BCUT2D eigenvalue weighted by molar-refractivity contribution is 6.04. The minimum Gasteiger partial charge on any atom is -0.378 e. The van der Waals surface area contributed by atoms with Crippen molar-refractivity contribution in [3.63, 3.8) is 0 Å². The van der Waals surface area contributed by atoms with E-state index >= 15 is 0 Å². The number of benzene rings is 2. The molecule has 1 amide bonds. The fourth-order valence-corrected chi connectivity index (χ4v) is 3.32. The molecule has 1 aromatic heterocycles. The largest absolute Gasteiger partial charge is 0.378 e. The maximum absolute atomic E-state index is 12.4. The van der Waals surface area contributed by atoms with Crippen LogP contribution < -0.4 is 15.5 Å². The van der Waals surface area contributed by atoms with Gasteiger partial charge in [-0.25, -0.2) is 9.97 Å². The van der Waals surface area contributed by atoms with Gasteiger partial charge in [0.25, 0.3) is 11.6 Å². The average molecular weight is 434 g/mol. The van der Waals surface area contributed by atoms with Crippen LogP contribution in [-0.2, 0) is 4.74 Å². The molecule has 1 aliphatic rings. The lowest BCUT2D eigenvalue weighted by Gasteiger charge is -2.28. The summed E-state index contributed by atoms with van der Waals surface area (Å²) in [4.78, 5) is 33.9. The SMILES string of the molecule is Cc1nc(Nc2ccc(NC(=O)c3cccc([N+](=O)[O-])c3)cc2)cc(N2CCOCC2)n1. The standard InChI is InChI=1S/C22H22N6O4/c1-15-23-20(14-21(24-15)27-9-11-32-12-10-27)25-17-5-7-18(8-6-17)26-22(29)16-3-2-4-19(13-16)28(30)31/h2-8,13-14H,9-12H2,1H3,(H,26,29)(H,23,24,25). The van der Waals surface area contributed by atoms with Gasteiger partial charge in [0.05, 0.1) is 18.1 Å². The van der Waals surface area contributed by atoms with Crippen LogP contribution in [0.5, 0.6) is 0 Å². The van der Waals surface area contributed by atoms with Crippen LogP contribution >= 0.6 is 0 Å². The van der Waals surface area contributed by atoms with Crippen LogP contribution in [0.2, 0.25) is 0 Å². The number of nitrogens with zero attached hydrogens (tertiary/aromatic N) is 4. The minimum atomic E-state index is -0.531. The summed E-state index contributed by atoms with van der Waals surface area (Å²) in [5, 5.41) is 16.9. The van der Waals surface area contributed by atoms with Crippen molar-refractivity contribution in [2.24, 2.45) is 0 Å². The molecule has 0 bridgehead atoms. The van der Waals surface area contributed by atoms with E-state index in [9.17, 15) is 14.9 Å². The number of morpholine rings is 1. The minimum absolute atomic E-state index is 0.131. The Balaban J connectivity index is 1.43. The summed E-state index contributed by atoms with van der Waals surface area (Å²) in [6.45, 7) is 4.77. The number of non-ortho nitro benzene ring substituents is 1. The van der Waals surface area contributed by atoms with Crippen LogP contribution in [0.1, 0.15) is 16.2 Å². The summed E-state index contributed by atoms with van der Waals surface area (Å²) in [5.74, 6) is 1.77. The van der Waals surface area contributed by atoms with Crippen LogP contribution in [0.25, 0.3) is 0 Å². The van der Waals surface area contributed by atoms with Gasteiger partial charge in [0, 0.05) is 48.2 Å². The Kier molecular flexibility index (Phi) is 6.22. The quantitative estimate of drug-likeness (QED) is 0.446. The molecule has 0 aliphatic carbocycles. The highest BCUT2D eigenvalue weighted by Gasteiger charge is 2.15. The molecule has 4 rings (SSSR count). The van der Waals surface area contributed by atoms with Gasteiger partial charge >= 0.3 is 0 Å². The second-order valence-corrected chi connectivity index (χ2v) is 7.22. The molecular formula is C22H22N6O4. The zero-order valence-electron chi connectivity index (χ0n) is 17.4. The summed E-state index contributed by atoms with van der Waals surface area (Å²) in [5.41, 5.74) is 1.45. The van der Waals surface area contributed by atoms with Crippen LogP contribution in [0, 0.1) is 17.0 Å². The van der Waals surface area contributed by atoms with E-state index < -0.39 is 10.8 Å². The number of ether oxygens (including phenoxy) is 1. The molecule has 1 fully saturated rings. The van der Waals surface area contributed by atoms with Crippen LogP contribution in [0.3, 0.4) is 0 Å². The summed E-state index contributed by atoms with van der Waals surface area (Å²) in [6.07, 6.45) is 0. The van der Waals surface area contributed by atoms with Gasteiger partial charge < -0.3 is 20.3 Å². The number of nitro benzene ring substituents is 1. The van der Waals surface area contributed by atoms with Crippen molar-refractivity contribution < 1.29 is 14.5 Å². The summed E-state index contributed by atoms with van der Waals surface area (Å²) < 4.78 is 5.40. The first-order valence-corrected chi connectivity index (χ1v) is 10.1. The van der Waals surface area contributed by atoms with Crippen LogP contribution in [-0.4, -0.2) is 47.1 Å². The summed E-state index contributed by atoms with van der Waals surface area (Å²) in [6, 6.07) is 14.6. The Morgan fingerprint density at radius 3 is 2.50 bits per heavy atom. The smallest absolute Gasteiger partial charge is 0.270 e. The number of amides is 1. The Bertz CT molecular complexity index is 1130. The molecule has 2 aromatic carbocycles. The van der Waals surface area contributed by atoms with E-state index in [4.69, 9.17) is 4.74 Å². The molecule has 0 unspecified atom stereocenters. The van der Waals surface area contributed by atoms with Gasteiger partial charge in [-0.3, -0.25) is 14.9 Å². The van der Waals surface area contributed by atoms with Crippen molar-refractivity contribution in [2.45, 2.75) is 6.92 Å². The fourth-order valence-electron chi connectivity index (χ4n) is 3.32. The van der Waals surface area contributed by atoms with E-state index in [1.807, 2.05) is 25.1 Å². The lowest BCUT2D eigenvalue weighted by molar-refractivity contribution is -0.384. The van der Waals surface area contributed by atoms with E-state index in [2.05, 4.69) is 25.5 Å². The second-order valence-electron chi connectivity index (χ2n) is 7.22. The predicted octanol–water partition coefficient (Wildman–Crippen LogP) is 3.53. The maximum Gasteiger partial charge on any atom is 0.270 e. The van der Waals surface area contributed by atoms with Crippen molar-refractivity contribution >= 4 is 34.6 Å². The van der Waals surface area contributed by atoms with Gasteiger partial charge in [0.2, 0.25) is 0 Å². The molecule has 3 aromatic rings. The zero-order chi connectivity index (χ0) is 22.5. The highest BCUT2D eigenvalue weighted by Crippen LogP contribution is 2.22. The van der Waals surface area contributed by atoms with E-state index in [-0.39, 0.29) is 11.3 Å². The van der Waals surface area contributed by atoms with Crippen LogP contribution in [0.4, 0.5) is 28.7 Å². The number of anilines is 4. The molecule has 1 aliphatic heterocycles. The topological polar surface area (TPSA) is 123 Å². The van der Waals surface area contributed by atoms with Gasteiger partial charge in [-0.1, -0.05) is 6.07 Å². The fraction of sp³-hybridized carbons (Fsp3) is 0.227. The Labute approximate surface area is 184 Å². The van der Waals surface area contributed by atoms with Gasteiger partial charge in [-0.05, 0) is 37.3 Å². The molecule has 10 nitrogen and oxygen atoms in total. The number of carbonyl (C=O) groups is 1.